The molecule has 0 saturated carbocycles. The highest BCUT2D eigenvalue weighted by Gasteiger charge is 2.22. The third-order valence-corrected chi connectivity index (χ3v) is 5.56. The van der Waals surface area contributed by atoms with Crippen molar-refractivity contribution in [3.05, 3.63) is 76.6 Å². The molecule has 1 atom stereocenters. The van der Waals surface area contributed by atoms with Crippen LogP contribution in [0.4, 0.5) is 11.4 Å². The quantitative estimate of drug-likeness (QED) is 0.610. The van der Waals surface area contributed by atoms with Gasteiger partial charge in [-0.2, -0.15) is 5.10 Å². The predicted octanol–water partition coefficient (Wildman–Crippen LogP) is 4.96. The van der Waals surface area contributed by atoms with Crippen LogP contribution in [-0.4, -0.2) is 21.6 Å². The van der Waals surface area contributed by atoms with Gasteiger partial charge in [0.25, 0.3) is 5.91 Å². The Labute approximate surface area is 177 Å². The van der Waals surface area contributed by atoms with Crippen LogP contribution in [0.5, 0.6) is 0 Å². The fraction of sp³-hybridized carbons (Fsp3) is 0.292. The van der Waals surface area contributed by atoms with Crippen molar-refractivity contribution >= 4 is 23.2 Å². The highest BCUT2D eigenvalue weighted by molar-refractivity contribution is 6.03. The fourth-order valence-electron chi connectivity index (χ4n) is 3.30. The van der Waals surface area contributed by atoms with Gasteiger partial charge in [0.2, 0.25) is 5.91 Å². The molecule has 0 aliphatic rings. The van der Waals surface area contributed by atoms with Crippen molar-refractivity contribution in [2.24, 2.45) is 0 Å². The van der Waals surface area contributed by atoms with Crippen LogP contribution >= 0.6 is 0 Å². The molecular formula is C24H28N4O2. The van der Waals surface area contributed by atoms with Crippen molar-refractivity contribution in [3.8, 4) is 0 Å². The van der Waals surface area contributed by atoms with E-state index in [-0.39, 0.29) is 17.5 Å². The lowest BCUT2D eigenvalue weighted by molar-refractivity contribution is -0.119. The molecule has 156 valence electrons. The van der Waals surface area contributed by atoms with Crippen LogP contribution in [0.25, 0.3) is 0 Å². The third kappa shape index (κ3) is 4.43. The second kappa shape index (κ2) is 8.95. The summed E-state index contributed by atoms with van der Waals surface area (Å²) in [6.07, 6.45) is 2.23. The largest absolute Gasteiger partial charge is 0.324 e. The number of hydrogen-bond donors (Lipinski definition) is 2. The molecule has 1 heterocycles. The molecule has 2 N–H and O–H groups in total. The number of anilines is 2. The number of nitrogens with zero attached hydrogens (tertiary/aromatic N) is 2. The van der Waals surface area contributed by atoms with E-state index in [0.717, 1.165) is 33.6 Å². The number of carbonyl (C=O) groups excluding carboxylic acids is 2. The first kappa shape index (κ1) is 21.3. The molecule has 3 aromatic rings. The Hall–Kier alpha value is -3.41. The van der Waals surface area contributed by atoms with Crippen LogP contribution in [0.2, 0.25) is 0 Å². The van der Waals surface area contributed by atoms with Gasteiger partial charge in [0.05, 0.1) is 0 Å². The summed E-state index contributed by atoms with van der Waals surface area (Å²) in [6.45, 7) is 9.88. The van der Waals surface area contributed by atoms with Crippen molar-refractivity contribution in [2.75, 3.05) is 10.6 Å². The maximum Gasteiger partial charge on any atom is 0.276 e. The average Bonchev–Trinajstić information content (AvgIpc) is 3.19. The fourth-order valence-corrected chi connectivity index (χ4v) is 3.30. The minimum Gasteiger partial charge on any atom is -0.324 e. The van der Waals surface area contributed by atoms with E-state index in [9.17, 15) is 9.59 Å². The van der Waals surface area contributed by atoms with Crippen molar-refractivity contribution in [3.63, 3.8) is 0 Å². The second-order valence-corrected chi connectivity index (χ2v) is 7.54. The van der Waals surface area contributed by atoms with Crippen LogP contribution in [0.1, 0.15) is 52.1 Å². The van der Waals surface area contributed by atoms with Gasteiger partial charge in [-0.3, -0.25) is 14.3 Å². The highest BCUT2D eigenvalue weighted by atomic mass is 16.2. The molecule has 30 heavy (non-hydrogen) atoms. The van der Waals surface area contributed by atoms with Gasteiger partial charge >= 0.3 is 0 Å². The molecular weight excluding hydrogens is 376 g/mol. The van der Waals surface area contributed by atoms with Crippen LogP contribution < -0.4 is 10.6 Å². The lowest BCUT2D eigenvalue weighted by Crippen LogP contribution is -2.27. The zero-order chi connectivity index (χ0) is 21.8. The van der Waals surface area contributed by atoms with E-state index in [2.05, 4.69) is 15.7 Å². The van der Waals surface area contributed by atoms with E-state index < -0.39 is 6.04 Å². The normalized spacial score (nSPS) is 11.8. The minimum absolute atomic E-state index is 0.157. The van der Waals surface area contributed by atoms with Gasteiger partial charge in [-0.25, -0.2) is 0 Å². The van der Waals surface area contributed by atoms with Crippen molar-refractivity contribution < 1.29 is 9.59 Å². The maximum atomic E-state index is 12.9. The number of aryl methyl sites for hydroxylation is 2. The third-order valence-electron chi connectivity index (χ3n) is 5.56. The Morgan fingerprint density at radius 1 is 0.900 bits per heavy atom. The van der Waals surface area contributed by atoms with Crippen molar-refractivity contribution in [2.45, 2.75) is 47.1 Å². The van der Waals surface area contributed by atoms with E-state index in [1.54, 1.807) is 16.9 Å². The Balaban J connectivity index is 1.75. The predicted molar refractivity (Wildman–Crippen MR) is 120 cm³/mol. The standard InChI is InChI=1S/C24H28N4O2/c1-6-22(24(30)26-20-12-8-10-16(3)18(20)5)28-14-13-21(27-28)23(29)25-19-11-7-9-15(2)17(19)4/h7-14,22H,6H2,1-5H3,(H,25,29)(H,26,30)/t22-/m0/s1. The van der Waals surface area contributed by atoms with E-state index in [0.29, 0.717) is 6.42 Å². The number of nitrogens with one attached hydrogen (secondary N) is 2. The number of hydrogen-bond acceptors (Lipinski definition) is 3. The Bertz CT molecular complexity index is 1080. The Kier molecular flexibility index (Phi) is 6.35. The van der Waals surface area contributed by atoms with Gasteiger partial charge in [0, 0.05) is 17.6 Å². The topological polar surface area (TPSA) is 76.0 Å². The number of rotatable bonds is 6. The van der Waals surface area contributed by atoms with Gasteiger partial charge in [-0.1, -0.05) is 31.2 Å². The van der Waals surface area contributed by atoms with Gasteiger partial charge in [0.15, 0.2) is 5.69 Å². The van der Waals surface area contributed by atoms with Crippen LogP contribution in [0, 0.1) is 27.7 Å². The molecule has 0 aliphatic carbocycles. The summed E-state index contributed by atoms with van der Waals surface area (Å²) in [4.78, 5) is 25.5. The molecule has 0 radical (unpaired) electrons. The molecule has 0 fully saturated rings. The van der Waals surface area contributed by atoms with Crippen LogP contribution in [0.15, 0.2) is 48.7 Å². The second-order valence-electron chi connectivity index (χ2n) is 7.54. The van der Waals surface area contributed by atoms with E-state index in [1.807, 2.05) is 71.0 Å². The Morgan fingerprint density at radius 2 is 1.47 bits per heavy atom. The maximum absolute atomic E-state index is 12.9. The van der Waals surface area contributed by atoms with Gasteiger partial charge in [-0.05, 0) is 74.6 Å². The van der Waals surface area contributed by atoms with Crippen molar-refractivity contribution in [1.82, 2.24) is 9.78 Å². The zero-order valence-corrected chi connectivity index (χ0v) is 18.1. The SMILES string of the molecule is CC[C@@H](C(=O)Nc1cccc(C)c1C)n1ccc(C(=O)Nc2cccc(C)c2C)n1. The summed E-state index contributed by atoms with van der Waals surface area (Å²) in [5, 5.41) is 10.3. The zero-order valence-electron chi connectivity index (χ0n) is 18.1. The monoisotopic (exact) mass is 404 g/mol. The van der Waals surface area contributed by atoms with Crippen molar-refractivity contribution in [1.29, 1.82) is 0 Å². The van der Waals surface area contributed by atoms with E-state index in [1.165, 1.54) is 0 Å². The first-order valence-corrected chi connectivity index (χ1v) is 10.1. The molecule has 0 aliphatic heterocycles. The molecule has 0 saturated heterocycles. The lowest BCUT2D eigenvalue weighted by Gasteiger charge is -2.17. The summed E-state index contributed by atoms with van der Waals surface area (Å²) >= 11 is 0. The molecule has 0 spiro atoms. The Morgan fingerprint density at radius 3 is 2.03 bits per heavy atom. The molecule has 2 amide bonds. The molecule has 1 aromatic heterocycles. The number of amides is 2. The lowest BCUT2D eigenvalue weighted by atomic mass is 10.1. The molecule has 0 unspecified atom stereocenters. The first-order chi connectivity index (χ1) is 14.3. The number of aromatic nitrogens is 2. The summed E-state index contributed by atoms with van der Waals surface area (Å²) in [5.41, 5.74) is 6.10. The molecule has 6 nitrogen and oxygen atoms in total. The first-order valence-electron chi connectivity index (χ1n) is 10.1. The summed E-state index contributed by atoms with van der Waals surface area (Å²) in [7, 11) is 0. The van der Waals surface area contributed by atoms with Gasteiger partial charge < -0.3 is 10.6 Å². The van der Waals surface area contributed by atoms with E-state index >= 15 is 0 Å². The molecule has 3 rings (SSSR count). The molecule has 2 aromatic carbocycles. The van der Waals surface area contributed by atoms with Gasteiger partial charge in [-0.15, -0.1) is 0 Å². The molecule has 6 heteroatoms. The summed E-state index contributed by atoms with van der Waals surface area (Å²) in [5.74, 6) is -0.456. The van der Waals surface area contributed by atoms with E-state index in [4.69, 9.17) is 0 Å². The highest BCUT2D eigenvalue weighted by Crippen LogP contribution is 2.22. The average molecular weight is 405 g/mol. The smallest absolute Gasteiger partial charge is 0.276 e. The summed E-state index contributed by atoms with van der Waals surface area (Å²) < 4.78 is 1.55. The number of carbonyl (C=O) groups is 2. The summed E-state index contributed by atoms with van der Waals surface area (Å²) in [6, 6.07) is 12.7. The van der Waals surface area contributed by atoms with Crippen LogP contribution in [0.3, 0.4) is 0 Å². The van der Waals surface area contributed by atoms with Gasteiger partial charge in [0.1, 0.15) is 6.04 Å². The number of benzene rings is 2. The minimum atomic E-state index is -0.507. The molecule has 0 bridgehead atoms. The van der Waals surface area contributed by atoms with Crippen LogP contribution in [-0.2, 0) is 4.79 Å².